The Bertz CT molecular complexity index is 1660. The summed E-state index contributed by atoms with van der Waals surface area (Å²) in [4.78, 5) is 36.1. The van der Waals surface area contributed by atoms with Crippen LogP contribution in [0.5, 0.6) is 5.75 Å². The standard InChI is InChI=1S/C27H28N6O5S/c1-17(34)31(2)16-24-28-15-23(29-24)18-5-7-19(8-6-18)32-14-13-22-25(27(32)35)33(30-26(22)39(4,36)37)20-9-11-21(38-3)12-10-20/h5-12,15H,13-14,16H2,1-4H3,(H,28,29). The molecule has 1 aliphatic rings. The van der Waals surface area contributed by atoms with E-state index >= 15 is 0 Å². The molecule has 0 radical (unpaired) electrons. The first-order valence-corrected chi connectivity index (χ1v) is 14.1. The number of imidazole rings is 1. The summed E-state index contributed by atoms with van der Waals surface area (Å²) in [7, 11) is -0.394. The van der Waals surface area contributed by atoms with E-state index < -0.39 is 9.84 Å². The number of anilines is 1. The number of carbonyl (C=O) groups is 2. The van der Waals surface area contributed by atoms with E-state index in [1.165, 1.54) is 11.6 Å². The van der Waals surface area contributed by atoms with Gasteiger partial charge in [0, 0.05) is 38.0 Å². The molecule has 39 heavy (non-hydrogen) atoms. The lowest BCUT2D eigenvalue weighted by atomic mass is 10.0. The van der Waals surface area contributed by atoms with Gasteiger partial charge in [-0.2, -0.15) is 5.10 Å². The molecule has 1 N–H and O–H groups in total. The summed E-state index contributed by atoms with van der Waals surface area (Å²) in [5, 5.41) is 4.28. The summed E-state index contributed by atoms with van der Waals surface area (Å²) in [6.45, 7) is 2.18. The van der Waals surface area contributed by atoms with Crippen molar-refractivity contribution in [1.82, 2.24) is 24.6 Å². The van der Waals surface area contributed by atoms with Crippen LogP contribution in [-0.4, -0.2) is 71.8 Å². The quantitative estimate of drug-likeness (QED) is 0.376. The van der Waals surface area contributed by atoms with E-state index in [2.05, 4.69) is 15.1 Å². The molecule has 0 saturated heterocycles. The molecule has 0 saturated carbocycles. The van der Waals surface area contributed by atoms with Gasteiger partial charge < -0.3 is 19.5 Å². The number of fused-ring (bicyclic) bond motifs is 1. The number of amides is 2. The van der Waals surface area contributed by atoms with Gasteiger partial charge in [-0.15, -0.1) is 0 Å². The zero-order chi connectivity index (χ0) is 27.9. The summed E-state index contributed by atoms with van der Waals surface area (Å²) in [5.74, 6) is 0.910. The highest BCUT2D eigenvalue weighted by Crippen LogP contribution is 2.32. The molecule has 11 nitrogen and oxygen atoms in total. The molecular formula is C27H28N6O5S. The van der Waals surface area contributed by atoms with Crippen LogP contribution in [0.1, 0.15) is 28.8 Å². The van der Waals surface area contributed by atoms with Crippen molar-refractivity contribution >= 4 is 27.3 Å². The van der Waals surface area contributed by atoms with E-state index in [1.807, 2.05) is 24.3 Å². The number of H-pyrrole nitrogens is 1. The Morgan fingerprint density at radius 3 is 2.38 bits per heavy atom. The molecule has 3 heterocycles. The first-order valence-electron chi connectivity index (χ1n) is 12.2. The van der Waals surface area contributed by atoms with E-state index in [4.69, 9.17) is 4.74 Å². The highest BCUT2D eigenvalue weighted by atomic mass is 32.2. The third-order valence-electron chi connectivity index (χ3n) is 6.69. The molecule has 0 aliphatic carbocycles. The van der Waals surface area contributed by atoms with Gasteiger partial charge in [0.15, 0.2) is 14.9 Å². The summed E-state index contributed by atoms with van der Waals surface area (Å²) in [5.41, 5.74) is 3.54. The number of ether oxygens (including phenoxy) is 1. The predicted octanol–water partition coefficient (Wildman–Crippen LogP) is 2.86. The molecule has 0 bridgehead atoms. The zero-order valence-electron chi connectivity index (χ0n) is 22.0. The van der Waals surface area contributed by atoms with E-state index in [0.29, 0.717) is 48.0 Å². The highest BCUT2D eigenvalue weighted by molar-refractivity contribution is 7.90. The Morgan fingerprint density at radius 2 is 1.77 bits per heavy atom. The van der Waals surface area contributed by atoms with Crippen molar-refractivity contribution < 1.29 is 22.7 Å². The molecule has 0 unspecified atom stereocenters. The van der Waals surface area contributed by atoms with Gasteiger partial charge in [0.05, 0.1) is 31.2 Å². The number of carbonyl (C=O) groups excluding carboxylic acids is 2. The number of aromatic amines is 1. The Labute approximate surface area is 225 Å². The Morgan fingerprint density at radius 1 is 1.10 bits per heavy atom. The van der Waals surface area contributed by atoms with Crippen molar-refractivity contribution in [3.8, 4) is 22.7 Å². The second-order valence-corrected chi connectivity index (χ2v) is 11.3. The lowest BCUT2D eigenvalue weighted by Crippen LogP contribution is -2.38. The van der Waals surface area contributed by atoms with Crippen LogP contribution in [0.2, 0.25) is 0 Å². The first-order chi connectivity index (χ1) is 18.6. The monoisotopic (exact) mass is 548 g/mol. The van der Waals surface area contributed by atoms with Crippen LogP contribution in [0.15, 0.2) is 59.8 Å². The lowest BCUT2D eigenvalue weighted by Gasteiger charge is -2.28. The fourth-order valence-electron chi connectivity index (χ4n) is 4.53. The molecule has 2 amide bonds. The number of benzene rings is 2. The second kappa shape index (κ2) is 10.0. The number of hydrogen-bond donors (Lipinski definition) is 1. The average molecular weight is 549 g/mol. The van der Waals surface area contributed by atoms with Crippen molar-refractivity contribution in [2.45, 2.75) is 24.9 Å². The number of methoxy groups -OCH3 is 1. The Kier molecular flexibility index (Phi) is 6.73. The molecule has 2 aromatic heterocycles. The normalized spacial score (nSPS) is 13.3. The zero-order valence-corrected chi connectivity index (χ0v) is 22.8. The maximum atomic E-state index is 13.8. The molecule has 0 fully saturated rings. The van der Waals surface area contributed by atoms with Crippen LogP contribution in [0.4, 0.5) is 5.69 Å². The van der Waals surface area contributed by atoms with Gasteiger partial charge in [0.25, 0.3) is 5.91 Å². The SMILES string of the molecule is COc1ccc(-n2nc(S(C)(=O)=O)c3c2C(=O)N(c2ccc(-c4cnc(CN(C)C(C)=O)[nH]4)cc2)CC3)cc1. The van der Waals surface area contributed by atoms with Gasteiger partial charge in [-0.1, -0.05) is 12.1 Å². The Hall–Kier alpha value is -4.45. The van der Waals surface area contributed by atoms with Gasteiger partial charge in [-0.05, 0) is 48.4 Å². The van der Waals surface area contributed by atoms with Crippen molar-refractivity contribution in [3.05, 3.63) is 71.8 Å². The van der Waals surface area contributed by atoms with E-state index in [0.717, 1.165) is 17.5 Å². The fraction of sp³-hybridized carbons (Fsp3) is 0.259. The van der Waals surface area contributed by atoms with Crippen molar-refractivity contribution in [1.29, 1.82) is 0 Å². The Balaban J connectivity index is 1.45. The first kappa shape index (κ1) is 26.2. The van der Waals surface area contributed by atoms with Crippen LogP contribution in [0, 0.1) is 0 Å². The summed E-state index contributed by atoms with van der Waals surface area (Å²) < 4.78 is 31.7. The van der Waals surface area contributed by atoms with Crippen LogP contribution >= 0.6 is 0 Å². The number of nitrogens with zero attached hydrogens (tertiary/aromatic N) is 5. The summed E-state index contributed by atoms with van der Waals surface area (Å²) in [6.07, 6.45) is 3.15. The number of sulfone groups is 1. The average Bonchev–Trinajstić information content (AvgIpc) is 3.54. The fourth-order valence-corrected chi connectivity index (χ4v) is 5.41. The maximum Gasteiger partial charge on any atom is 0.277 e. The lowest BCUT2D eigenvalue weighted by molar-refractivity contribution is -0.128. The smallest absolute Gasteiger partial charge is 0.277 e. The van der Waals surface area contributed by atoms with Crippen LogP contribution in [0.3, 0.4) is 0 Å². The molecular weight excluding hydrogens is 520 g/mol. The topological polar surface area (TPSA) is 130 Å². The largest absolute Gasteiger partial charge is 0.497 e. The predicted molar refractivity (Wildman–Crippen MR) is 145 cm³/mol. The van der Waals surface area contributed by atoms with Crippen LogP contribution < -0.4 is 9.64 Å². The third kappa shape index (κ3) is 5.02. The molecule has 2 aromatic carbocycles. The summed E-state index contributed by atoms with van der Waals surface area (Å²) >= 11 is 0. The molecule has 12 heteroatoms. The van der Waals surface area contributed by atoms with E-state index in [9.17, 15) is 18.0 Å². The number of rotatable bonds is 7. The second-order valence-electron chi connectivity index (χ2n) is 9.39. The van der Waals surface area contributed by atoms with Crippen LogP contribution in [-0.2, 0) is 27.6 Å². The minimum Gasteiger partial charge on any atom is -0.497 e. The number of hydrogen-bond acceptors (Lipinski definition) is 7. The van der Waals surface area contributed by atoms with Gasteiger partial charge >= 0.3 is 0 Å². The highest BCUT2D eigenvalue weighted by Gasteiger charge is 2.35. The molecule has 5 rings (SSSR count). The summed E-state index contributed by atoms with van der Waals surface area (Å²) in [6, 6.07) is 14.4. The molecule has 1 aliphatic heterocycles. The van der Waals surface area contributed by atoms with Crippen molar-refractivity contribution in [2.75, 3.05) is 31.9 Å². The van der Waals surface area contributed by atoms with E-state index in [1.54, 1.807) is 54.4 Å². The van der Waals surface area contributed by atoms with Crippen molar-refractivity contribution in [2.24, 2.45) is 0 Å². The molecule has 0 atom stereocenters. The van der Waals surface area contributed by atoms with Gasteiger partial charge in [0.2, 0.25) is 5.91 Å². The maximum absolute atomic E-state index is 13.8. The molecule has 202 valence electrons. The number of aromatic nitrogens is 4. The minimum atomic E-state index is -3.66. The third-order valence-corrected chi connectivity index (χ3v) is 7.72. The van der Waals surface area contributed by atoms with Crippen LogP contribution in [0.25, 0.3) is 16.9 Å². The minimum absolute atomic E-state index is 0.0522. The number of nitrogens with one attached hydrogen (secondary N) is 1. The molecule has 0 spiro atoms. The van der Waals surface area contributed by atoms with E-state index in [-0.39, 0.29) is 22.5 Å². The van der Waals surface area contributed by atoms with Gasteiger partial charge in [0.1, 0.15) is 17.3 Å². The van der Waals surface area contributed by atoms with Gasteiger partial charge in [-0.25, -0.2) is 18.1 Å². The molecule has 4 aromatic rings. The van der Waals surface area contributed by atoms with Gasteiger partial charge in [-0.3, -0.25) is 9.59 Å². The van der Waals surface area contributed by atoms with Crippen molar-refractivity contribution in [3.63, 3.8) is 0 Å².